The molecule has 0 radical (unpaired) electrons. The van der Waals surface area contributed by atoms with E-state index < -0.39 is 5.91 Å². The van der Waals surface area contributed by atoms with Crippen molar-refractivity contribution < 1.29 is 14.4 Å². The number of primary amides is 1. The SMILES string of the molecule is CC(C)(C)NC(=O)N1CCc2c(-c3cccc(C(N)=O)c3)ccc(CCC(=O)C3C[C@H]3c3ccccc3)c2C1. The van der Waals surface area contributed by atoms with Crippen LogP contribution in [0.5, 0.6) is 0 Å². The average molecular weight is 524 g/mol. The van der Waals surface area contributed by atoms with Crippen LogP contribution in [-0.4, -0.2) is 34.7 Å². The van der Waals surface area contributed by atoms with Gasteiger partial charge in [0.05, 0.1) is 0 Å². The van der Waals surface area contributed by atoms with E-state index >= 15 is 0 Å². The number of carbonyl (C=O) groups excluding carboxylic acids is 3. The molecule has 1 aliphatic heterocycles. The molecule has 1 unspecified atom stereocenters. The van der Waals surface area contributed by atoms with Gasteiger partial charge in [0.25, 0.3) is 0 Å². The van der Waals surface area contributed by atoms with Crippen LogP contribution in [0, 0.1) is 5.92 Å². The van der Waals surface area contributed by atoms with E-state index in [1.165, 1.54) is 11.1 Å². The van der Waals surface area contributed by atoms with E-state index in [4.69, 9.17) is 5.73 Å². The number of ketones is 1. The number of Topliss-reactive ketones (excluding diaryl/α,β-unsaturated/α-hetero) is 1. The summed E-state index contributed by atoms with van der Waals surface area (Å²) in [5, 5.41) is 3.08. The lowest BCUT2D eigenvalue weighted by molar-refractivity contribution is -0.120. The number of nitrogens with one attached hydrogen (secondary N) is 1. The predicted molar refractivity (Wildman–Crippen MR) is 153 cm³/mol. The van der Waals surface area contributed by atoms with E-state index in [9.17, 15) is 14.4 Å². The molecule has 39 heavy (non-hydrogen) atoms. The lowest BCUT2D eigenvalue weighted by atomic mass is 9.85. The number of urea groups is 1. The predicted octanol–water partition coefficient (Wildman–Crippen LogP) is 5.62. The van der Waals surface area contributed by atoms with E-state index in [1.54, 1.807) is 6.07 Å². The summed E-state index contributed by atoms with van der Waals surface area (Å²) in [4.78, 5) is 39.9. The van der Waals surface area contributed by atoms with Crippen LogP contribution in [0.25, 0.3) is 11.1 Å². The van der Waals surface area contributed by atoms with Crippen molar-refractivity contribution in [1.82, 2.24) is 10.2 Å². The molecule has 1 fully saturated rings. The number of hydrogen-bond acceptors (Lipinski definition) is 3. The second-order valence-corrected chi connectivity index (χ2v) is 11.9. The Morgan fingerprint density at radius 3 is 2.46 bits per heavy atom. The highest BCUT2D eigenvalue weighted by molar-refractivity contribution is 5.94. The third-order valence-electron chi connectivity index (χ3n) is 7.81. The van der Waals surface area contributed by atoms with E-state index in [1.807, 2.05) is 62.1 Å². The smallest absolute Gasteiger partial charge is 0.318 e. The summed E-state index contributed by atoms with van der Waals surface area (Å²) < 4.78 is 0. The fourth-order valence-corrected chi connectivity index (χ4v) is 5.72. The first-order valence-electron chi connectivity index (χ1n) is 13.8. The van der Waals surface area contributed by atoms with Crippen molar-refractivity contribution >= 4 is 17.7 Å². The Balaban J connectivity index is 1.40. The maximum atomic E-state index is 13.1. The monoisotopic (exact) mass is 523 g/mol. The van der Waals surface area contributed by atoms with Crippen molar-refractivity contribution in [2.45, 2.75) is 64.5 Å². The molecule has 5 rings (SSSR count). The van der Waals surface area contributed by atoms with Crippen molar-refractivity contribution in [2.24, 2.45) is 11.7 Å². The molecule has 3 amide bonds. The molecule has 1 heterocycles. The molecule has 0 bridgehead atoms. The average Bonchev–Trinajstić information content (AvgIpc) is 3.72. The molecule has 1 saturated carbocycles. The van der Waals surface area contributed by atoms with Crippen molar-refractivity contribution in [1.29, 1.82) is 0 Å². The highest BCUT2D eigenvalue weighted by Crippen LogP contribution is 2.48. The van der Waals surface area contributed by atoms with Crippen molar-refractivity contribution in [3.8, 4) is 11.1 Å². The highest BCUT2D eigenvalue weighted by Gasteiger charge is 2.43. The third-order valence-corrected chi connectivity index (χ3v) is 7.81. The Kier molecular flexibility index (Phi) is 7.30. The molecule has 6 heteroatoms. The molecule has 0 saturated heterocycles. The molecular formula is C33H37N3O3. The van der Waals surface area contributed by atoms with E-state index in [0.717, 1.165) is 28.7 Å². The summed E-state index contributed by atoms with van der Waals surface area (Å²) in [5.74, 6) is 0.297. The largest absolute Gasteiger partial charge is 0.366 e. The number of fused-ring (bicyclic) bond motifs is 1. The molecule has 3 aromatic rings. The minimum Gasteiger partial charge on any atom is -0.366 e. The Morgan fingerprint density at radius 1 is 0.974 bits per heavy atom. The molecule has 0 aromatic heterocycles. The Hall–Kier alpha value is -3.93. The lowest BCUT2D eigenvalue weighted by Gasteiger charge is -2.34. The molecule has 2 atom stereocenters. The minimum atomic E-state index is -0.459. The summed E-state index contributed by atoms with van der Waals surface area (Å²) in [5.41, 5.74) is 12.3. The number of benzene rings is 3. The minimum absolute atomic E-state index is 0.0833. The molecule has 202 valence electrons. The normalized spacial score (nSPS) is 18.3. The van der Waals surface area contributed by atoms with Gasteiger partial charge in [-0.05, 0) is 91.5 Å². The van der Waals surface area contributed by atoms with Crippen LogP contribution in [0.4, 0.5) is 4.79 Å². The van der Waals surface area contributed by atoms with Crippen LogP contribution >= 0.6 is 0 Å². The lowest BCUT2D eigenvalue weighted by Crippen LogP contribution is -2.50. The quantitative estimate of drug-likeness (QED) is 0.421. The second-order valence-electron chi connectivity index (χ2n) is 11.9. The zero-order valence-corrected chi connectivity index (χ0v) is 23.0. The van der Waals surface area contributed by atoms with Gasteiger partial charge in [-0.1, -0.05) is 54.6 Å². The molecule has 3 aromatic carbocycles. The van der Waals surface area contributed by atoms with Crippen LogP contribution in [0.2, 0.25) is 0 Å². The zero-order valence-electron chi connectivity index (χ0n) is 23.0. The number of nitrogens with zero attached hydrogens (tertiary/aromatic N) is 1. The number of rotatable bonds is 7. The van der Waals surface area contributed by atoms with Crippen molar-refractivity contribution in [2.75, 3.05) is 6.54 Å². The van der Waals surface area contributed by atoms with Crippen LogP contribution in [-0.2, 0) is 24.2 Å². The fourth-order valence-electron chi connectivity index (χ4n) is 5.72. The van der Waals surface area contributed by atoms with Gasteiger partial charge in [-0.2, -0.15) is 0 Å². The molecule has 0 spiro atoms. The van der Waals surface area contributed by atoms with Crippen LogP contribution in [0.1, 0.15) is 72.1 Å². The molecular weight excluding hydrogens is 486 g/mol. The van der Waals surface area contributed by atoms with Gasteiger partial charge in [0.1, 0.15) is 5.78 Å². The molecule has 6 nitrogen and oxygen atoms in total. The Morgan fingerprint density at radius 2 is 1.74 bits per heavy atom. The van der Waals surface area contributed by atoms with Gasteiger partial charge in [-0.25, -0.2) is 4.79 Å². The van der Waals surface area contributed by atoms with Crippen LogP contribution in [0.3, 0.4) is 0 Å². The summed E-state index contributed by atoms with van der Waals surface area (Å²) in [6.45, 7) is 7.01. The number of amides is 3. The zero-order chi connectivity index (χ0) is 27.7. The van der Waals surface area contributed by atoms with Gasteiger partial charge in [0.2, 0.25) is 5.91 Å². The first-order valence-corrected chi connectivity index (χ1v) is 13.8. The standard InChI is InChI=1S/C33H37N3O3/c1-33(2,3)35-32(39)36-17-16-26-25(23-10-7-11-24(18-23)31(34)38)14-12-22(29(26)20-36)13-15-30(37)28-19-27(28)21-8-5-4-6-9-21/h4-12,14,18,27-28H,13,15-17,19-20H2,1-3H3,(H2,34,38)(H,35,39)/t27-,28?/m0/s1. The van der Waals surface area contributed by atoms with Gasteiger partial charge in [0, 0.05) is 36.5 Å². The summed E-state index contributed by atoms with van der Waals surface area (Å²) >= 11 is 0. The van der Waals surface area contributed by atoms with Crippen LogP contribution in [0.15, 0.2) is 66.7 Å². The summed E-state index contributed by atoms with van der Waals surface area (Å²) in [6, 6.07) is 21.8. The number of nitrogens with two attached hydrogens (primary N) is 1. The number of aryl methyl sites for hydroxylation is 1. The van der Waals surface area contributed by atoms with E-state index in [2.05, 4.69) is 29.6 Å². The van der Waals surface area contributed by atoms with E-state index in [-0.39, 0.29) is 17.5 Å². The van der Waals surface area contributed by atoms with Gasteiger partial charge >= 0.3 is 6.03 Å². The first kappa shape index (κ1) is 26.7. The maximum Gasteiger partial charge on any atom is 0.318 e. The number of hydrogen-bond donors (Lipinski definition) is 2. The van der Waals surface area contributed by atoms with E-state index in [0.29, 0.717) is 49.6 Å². The van der Waals surface area contributed by atoms with Crippen molar-refractivity contribution in [3.05, 3.63) is 94.5 Å². The Labute approximate surface area is 230 Å². The molecule has 3 N–H and O–H groups in total. The third kappa shape index (κ3) is 6.06. The summed E-state index contributed by atoms with van der Waals surface area (Å²) in [7, 11) is 0. The van der Waals surface area contributed by atoms with Crippen molar-refractivity contribution in [3.63, 3.8) is 0 Å². The maximum absolute atomic E-state index is 13.1. The first-order chi connectivity index (χ1) is 18.6. The second kappa shape index (κ2) is 10.7. The fraction of sp³-hybridized carbons (Fsp3) is 0.364. The van der Waals surface area contributed by atoms with Crippen LogP contribution < -0.4 is 11.1 Å². The molecule has 2 aliphatic rings. The Bertz CT molecular complexity index is 1410. The van der Waals surface area contributed by atoms with Gasteiger partial charge in [0.15, 0.2) is 0 Å². The molecule has 1 aliphatic carbocycles. The van der Waals surface area contributed by atoms with Gasteiger partial charge < -0.3 is 16.0 Å². The highest BCUT2D eigenvalue weighted by atomic mass is 16.2. The summed E-state index contributed by atoms with van der Waals surface area (Å²) in [6.07, 6.45) is 2.76. The number of carbonyl (C=O) groups is 3. The topological polar surface area (TPSA) is 92.5 Å². The van der Waals surface area contributed by atoms with Gasteiger partial charge in [-0.3, -0.25) is 9.59 Å². The van der Waals surface area contributed by atoms with Gasteiger partial charge in [-0.15, -0.1) is 0 Å².